The van der Waals surface area contributed by atoms with Crippen LogP contribution >= 0.6 is 11.3 Å². The van der Waals surface area contributed by atoms with E-state index in [0.29, 0.717) is 0 Å². The minimum absolute atomic E-state index is 0.814. The van der Waals surface area contributed by atoms with Gasteiger partial charge >= 0.3 is 0 Å². The van der Waals surface area contributed by atoms with E-state index in [0.717, 1.165) is 17.6 Å². The maximum Gasteiger partial charge on any atom is 0.182 e. The van der Waals surface area contributed by atoms with Crippen molar-refractivity contribution in [3.8, 4) is 0 Å². The normalized spacial score (nSPS) is 15.0. The van der Waals surface area contributed by atoms with Crippen LogP contribution in [0.5, 0.6) is 0 Å². The molecule has 0 aliphatic heterocycles. The number of anilines is 1. The number of nitrogens with zero attached hydrogens (tertiary/aromatic N) is 1. The smallest absolute Gasteiger partial charge is 0.182 e. The van der Waals surface area contributed by atoms with Gasteiger partial charge in [-0.1, -0.05) is 24.3 Å². The van der Waals surface area contributed by atoms with Crippen LogP contribution in [0.15, 0.2) is 35.8 Å². The lowest BCUT2D eigenvalue weighted by Crippen LogP contribution is -2.01. The number of rotatable bonds is 4. The fraction of sp³-hybridized carbons (Fsp3) is 0.308. The lowest BCUT2D eigenvalue weighted by atomic mass is 10.0. The van der Waals surface area contributed by atoms with Gasteiger partial charge in [-0.3, -0.25) is 0 Å². The summed E-state index contributed by atoms with van der Waals surface area (Å²) in [6, 6.07) is 8.73. The van der Waals surface area contributed by atoms with Crippen LogP contribution in [0, 0.1) is 0 Å². The van der Waals surface area contributed by atoms with Gasteiger partial charge in [-0.25, -0.2) is 4.98 Å². The average molecular weight is 230 g/mol. The molecule has 1 saturated carbocycles. The second-order valence-electron chi connectivity index (χ2n) is 4.16. The Balaban J connectivity index is 1.73. The zero-order valence-electron chi connectivity index (χ0n) is 9.02. The highest BCUT2D eigenvalue weighted by molar-refractivity contribution is 7.13. The summed E-state index contributed by atoms with van der Waals surface area (Å²) in [6.07, 6.45) is 4.54. The van der Waals surface area contributed by atoms with E-state index in [2.05, 4.69) is 34.6 Å². The number of benzene rings is 1. The van der Waals surface area contributed by atoms with Gasteiger partial charge in [0.05, 0.1) is 0 Å². The van der Waals surface area contributed by atoms with Gasteiger partial charge < -0.3 is 5.32 Å². The van der Waals surface area contributed by atoms with E-state index in [1.807, 2.05) is 11.6 Å². The summed E-state index contributed by atoms with van der Waals surface area (Å²) < 4.78 is 0. The first-order valence-electron chi connectivity index (χ1n) is 5.64. The van der Waals surface area contributed by atoms with E-state index in [1.165, 1.54) is 24.0 Å². The van der Waals surface area contributed by atoms with Gasteiger partial charge in [0.15, 0.2) is 5.13 Å². The molecule has 3 rings (SSSR count). The highest BCUT2D eigenvalue weighted by Crippen LogP contribution is 2.41. The number of aromatic nitrogens is 1. The Morgan fingerprint density at radius 1 is 1.31 bits per heavy atom. The van der Waals surface area contributed by atoms with Gasteiger partial charge in [0.25, 0.3) is 0 Å². The Morgan fingerprint density at radius 2 is 2.19 bits per heavy atom. The molecule has 1 aromatic carbocycles. The number of hydrogen-bond acceptors (Lipinski definition) is 3. The largest absolute Gasteiger partial charge is 0.357 e. The van der Waals surface area contributed by atoms with Crippen molar-refractivity contribution in [1.82, 2.24) is 4.98 Å². The zero-order valence-corrected chi connectivity index (χ0v) is 9.83. The molecule has 1 heterocycles. The molecular weight excluding hydrogens is 216 g/mol. The van der Waals surface area contributed by atoms with Crippen molar-refractivity contribution in [2.75, 3.05) is 5.32 Å². The molecule has 3 heteroatoms. The lowest BCUT2D eigenvalue weighted by molar-refractivity contribution is 1.03. The Labute approximate surface area is 99.4 Å². The van der Waals surface area contributed by atoms with Crippen LogP contribution in [-0.4, -0.2) is 4.98 Å². The van der Waals surface area contributed by atoms with Crippen molar-refractivity contribution in [2.45, 2.75) is 25.3 Å². The molecule has 1 aromatic heterocycles. The summed E-state index contributed by atoms with van der Waals surface area (Å²) in [4.78, 5) is 4.23. The molecule has 0 bridgehead atoms. The van der Waals surface area contributed by atoms with Crippen molar-refractivity contribution >= 4 is 16.5 Å². The van der Waals surface area contributed by atoms with Gasteiger partial charge in [0.1, 0.15) is 0 Å². The molecule has 2 aromatic rings. The molecule has 1 fully saturated rings. The Hall–Kier alpha value is -1.35. The maximum atomic E-state index is 4.23. The van der Waals surface area contributed by atoms with E-state index in [9.17, 15) is 0 Å². The fourth-order valence-corrected chi connectivity index (χ4v) is 2.50. The lowest BCUT2D eigenvalue weighted by Gasteiger charge is -2.08. The van der Waals surface area contributed by atoms with E-state index in [1.54, 1.807) is 11.3 Å². The van der Waals surface area contributed by atoms with E-state index >= 15 is 0 Å². The predicted octanol–water partition coefficient (Wildman–Crippen LogP) is 3.63. The molecule has 0 spiro atoms. The molecule has 2 nitrogen and oxygen atoms in total. The molecule has 0 amide bonds. The highest BCUT2D eigenvalue weighted by atomic mass is 32.1. The molecule has 1 aliphatic rings. The van der Waals surface area contributed by atoms with Crippen LogP contribution in [0.2, 0.25) is 0 Å². The Bertz CT molecular complexity index is 461. The van der Waals surface area contributed by atoms with Gasteiger partial charge in [-0.15, -0.1) is 11.3 Å². The van der Waals surface area contributed by atoms with Gasteiger partial charge in [0.2, 0.25) is 0 Å². The molecule has 0 radical (unpaired) electrons. The van der Waals surface area contributed by atoms with Gasteiger partial charge in [0, 0.05) is 18.1 Å². The molecule has 0 unspecified atom stereocenters. The Kier molecular flexibility index (Phi) is 2.62. The van der Waals surface area contributed by atoms with E-state index in [4.69, 9.17) is 0 Å². The summed E-state index contributed by atoms with van der Waals surface area (Å²) in [6.45, 7) is 0.889. The third-order valence-electron chi connectivity index (χ3n) is 2.93. The van der Waals surface area contributed by atoms with Crippen LogP contribution < -0.4 is 5.32 Å². The summed E-state index contributed by atoms with van der Waals surface area (Å²) in [7, 11) is 0. The SMILES string of the molecule is c1ccc(C2CC2)c(CNc2nccs2)c1. The maximum absolute atomic E-state index is 4.23. The third kappa shape index (κ3) is 2.09. The highest BCUT2D eigenvalue weighted by Gasteiger charge is 2.25. The molecular formula is C13H14N2S. The topological polar surface area (TPSA) is 24.9 Å². The molecule has 16 heavy (non-hydrogen) atoms. The van der Waals surface area contributed by atoms with E-state index in [-0.39, 0.29) is 0 Å². The molecule has 1 aliphatic carbocycles. The molecule has 82 valence electrons. The van der Waals surface area contributed by atoms with Crippen LogP contribution in [0.3, 0.4) is 0 Å². The number of hydrogen-bond donors (Lipinski definition) is 1. The number of nitrogens with one attached hydrogen (secondary N) is 1. The van der Waals surface area contributed by atoms with Crippen molar-refractivity contribution in [3.05, 3.63) is 47.0 Å². The van der Waals surface area contributed by atoms with Gasteiger partial charge in [-0.2, -0.15) is 0 Å². The molecule has 1 N–H and O–H groups in total. The van der Waals surface area contributed by atoms with Crippen LogP contribution in [0.1, 0.15) is 29.9 Å². The number of thiazole rings is 1. The first-order valence-corrected chi connectivity index (χ1v) is 6.52. The fourth-order valence-electron chi connectivity index (χ4n) is 1.97. The first kappa shape index (κ1) is 9.85. The van der Waals surface area contributed by atoms with Crippen molar-refractivity contribution < 1.29 is 0 Å². The quantitative estimate of drug-likeness (QED) is 0.867. The summed E-state index contributed by atoms with van der Waals surface area (Å²) in [5.74, 6) is 0.814. The van der Waals surface area contributed by atoms with Crippen molar-refractivity contribution in [1.29, 1.82) is 0 Å². The standard InChI is InChI=1S/C13H14N2S/c1-2-4-12(10-5-6-10)11(3-1)9-15-13-14-7-8-16-13/h1-4,7-8,10H,5-6,9H2,(H,14,15). The van der Waals surface area contributed by atoms with Crippen molar-refractivity contribution in [2.24, 2.45) is 0 Å². The molecule has 0 atom stereocenters. The minimum atomic E-state index is 0.814. The van der Waals surface area contributed by atoms with Gasteiger partial charge in [-0.05, 0) is 29.9 Å². The third-order valence-corrected chi connectivity index (χ3v) is 3.67. The van der Waals surface area contributed by atoms with Crippen LogP contribution in [0.4, 0.5) is 5.13 Å². The second kappa shape index (κ2) is 4.26. The zero-order chi connectivity index (χ0) is 10.8. The first-order chi connectivity index (χ1) is 7.93. The van der Waals surface area contributed by atoms with Crippen LogP contribution in [-0.2, 0) is 6.54 Å². The Morgan fingerprint density at radius 3 is 2.94 bits per heavy atom. The molecule has 0 saturated heterocycles. The van der Waals surface area contributed by atoms with Crippen LogP contribution in [0.25, 0.3) is 0 Å². The summed E-state index contributed by atoms with van der Waals surface area (Å²) in [5.41, 5.74) is 2.94. The summed E-state index contributed by atoms with van der Waals surface area (Å²) >= 11 is 1.65. The monoisotopic (exact) mass is 230 g/mol. The predicted molar refractivity (Wildman–Crippen MR) is 67.9 cm³/mol. The van der Waals surface area contributed by atoms with E-state index < -0.39 is 0 Å². The summed E-state index contributed by atoms with van der Waals surface area (Å²) in [5, 5.41) is 6.37. The van der Waals surface area contributed by atoms with Crippen molar-refractivity contribution in [3.63, 3.8) is 0 Å². The second-order valence-corrected chi connectivity index (χ2v) is 5.06. The minimum Gasteiger partial charge on any atom is -0.357 e. The average Bonchev–Trinajstić information content (AvgIpc) is 3.04.